The summed E-state index contributed by atoms with van der Waals surface area (Å²) < 4.78 is 0. The van der Waals surface area contributed by atoms with Gasteiger partial charge in [0, 0.05) is 29.6 Å². The monoisotopic (exact) mass is 406 g/mol. The van der Waals surface area contributed by atoms with Crippen LogP contribution in [0.1, 0.15) is 38.3 Å². The van der Waals surface area contributed by atoms with E-state index in [1.807, 2.05) is 6.07 Å². The number of nitrogens with zero attached hydrogens (tertiary/aromatic N) is 4. The minimum Gasteiger partial charge on any atom is -0.481 e. The van der Waals surface area contributed by atoms with Gasteiger partial charge in [-0.1, -0.05) is 29.4 Å². The topological polar surface area (TPSA) is 168 Å². The van der Waals surface area contributed by atoms with Gasteiger partial charge in [0.15, 0.2) is 0 Å². The molecule has 2 aromatic rings. The highest BCUT2D eigenvalue weighted by Gasteiger charge is 2.16. The molecule has 2 amide bonds. The van der Waals surface area contributed by atoms with Gasteiger partial charge in [0.05, 0.1) is 23.6 Å². The third kappa shape index (κ3) is 6.37. The van der Waals surface area contributed by atoms with E-state index >= 15 is 0 Å². The summed E-state index contributed by atoms with van der Waals surface area (Å²) in [7, 11) is 0. The second-order valence-electron chi connectivity index (χ2n) is 6.22. The van der Waals surface area contributed by atoms with Gasteiger partial charge in [0.1, 0.15) is 0 Å². The standard InChI is InChI=1S/C20H18N6O4/c21-10-15-3-1-2-4-17(15)20(30)23-11-13-5-7-14(8-6-13)19(29)25-16(9-18(27)28)12-24-26-22/h1-8,16H,9,11-12H2,(H,23,30)(H,25,29)(H,27,28)/t16-/m0/s1. The molecule has 0 aliphatic heterocycles. The Hall–Kier alpha value is -4.35. The van der Waals surface area contributed by atoms with Crippen molar-refractivity contribution >= 4 is 17.8 Å². The summed E-state index contributed by atoms with van der Waals surface area (Å²) in [4.78, 5) is 38.0. The molecule has 30 heavy (non-hydrogen) atoms. The fourth-order valence-electron chi connectivity index (χ4n) is 2.61. The summed E-state index contributed by atoms with van der Waals surface area (Å²) >= 11 is 0. The number of nitrogens with one attached hydrogen (secondary N) is 2. The number of carboxylic acids is 1. The molecule has 0 radical (unpaired) electrons. The Kier molecular flexibility index (Phi) is 7.94. The van der Waals surface area contributed by atoms with Gasteiger partial charge in [-0.25, -0.2) is 0 Å². The van der Waals surface area contributed by atoms with Crippen molar-refractivity contribution in [3.63, 3.8) is 0 Å². The Morgan fingerprint density at radius 3 is 2.47 bits per heavy atom. The number of aliphatic carboxylic acids is 1. The molecule has 1 atom stereocenters. The summed E-state index contributed by atoms with van der Waals surface area (Å²) in [6.07, 6.45) is -0.376. The van der Waals surface area contributed by atoms with Gasteiger partial charge in [-0.15, -0.1) is 0 Å². The fraction of sp³-hybridized carbons (Fsp3) is 0.200. The number of amides is 2. The van der Waals surface area contributed by atoms with E-state index in [4.69, 9.17) is 15.9 Å². The third-order valence-corrected chi connectivity index (χ3v) is 4.08. The average molecular weight is 406 g/mol. The maximum absolute atomic E-state index is 12.3. The number of carbonyl (C=O) groups excluding carboxylic acids is 2. The van der Waals surface area contributed by atoms with Gasteiger partial charge in [-0.05, 0) is 35.4 Å². The number of carboxylic acid groups (broad SMARTS) is 1. The van der Waals surface area contributed by atoms with Crippen LogP contribution in [0, 0.1) is 11.3 Å². The van der Waals surface area contributed by atoms with Crippen LogP contribution in [-0.4, -0.2) is 35.5 Å². The Morgan fingerprint density at radius 1 is 1.13 bits per heavy atom. The van der Waals surface area contributed by atoms with Crippen molar-refractivity contribution in [2.45, 2.75) is 19.0 Å². The molecule has 0 aliphatic rings. The first kappa shape index (κ1) is 21.9. The quantitative estimate of drug-likeness (QED) is 0.329. The van der Waals surface area contributed by atoms with Crippen molar-refractivity contribution in [1.82, 2.24) is 10.6 Å². The lowest BCUT2D eigenvalue weighted by Crippen LogP contribution is -2.38. The van der Waals surface area contributed by atoms with E-state index in [0.29, 0.717) is 0 Å². The van der Waals surface area contributed by atoms with Crippen LogP contribution in [0.4, 0.5) is 0 Å². The molecule has 152 valence electrons. The molecule has 0 spiro atoms. The number of azide groups is 1. The molecule has 10 nitrogen and oxygen atoms in total. The molecule has 0 unspecified atom stereocenters. The molecule has 0 aliphatic carbocycles. The Labute approximate surface area is 171 Å². The third-order valence-electron chi connectivity index (χ3n) is 4.08. The van der Waals surface area contributed by atoms with Crippen LogP contribution in [0.5, 0.6) is 0 Å². The first-order chi connectivity index (χ1) is 14.4. The molecule has 0 aromatic heterocycles. The molecule has 0 saturated heterocycles. The highest BCUT2D eigenvalue weighted by Crippen LogP contribution is 2.09. The van der Waals surface area contributed by atoms with E-state index in [1.165, 1.54) is 12.1 Å². The lowest BCUT2D eigenvalue weighted by molar-refractivity contribution is -0.137. The highest BCUT2D eigenvalue weighted by molar-refractivity contribution is 5.96. The van der Waals surface area contributed by atoms with Crippen LogP contribution >= 0.6 is 0 Å². The van der Waals surface area contributed by atoms with Crippen molar-refractivity contribution in [3.05, 3.63) is 81.2 Å². The summed E-state index contributed by atoms with van der Waals surface area (Å²) in [5.74, 6) is -2.02. The van der Waals surface area contributed by atoms with Gasteiger partial charge in [0.2, 0.25) is 0 Å². The maximum atomic E-state index is 12.3. The molecule has 0 fully saturated rings. The number of hydrogen-bond acceptors (Lipinski definition) is 5. The number of carbonyl (C=O) groups is 3. The van der Waals surface area contributed by atoms with Crippen LogP contribution in [0.25, 0.3) is 10.4 Å². The zero-order chi connectivity index (χ0) is 21.9. The van der Waals surface area contributed by atoms with E-state index < -0.39 is 17.9 Å². The SMILES string of the molecule is N#Cc1ccccc1C(=O)NCc1ccc(C(=O)N[C@H](CN=[N+]=[N-])CC(=O)O)cc1. The molecule has 3 N–H and O–H groups in total. The van der Waals surface area contributed by atoms with E-state index in [1.54, 1.807) is 36.4 Å². The average Bonchev–Trinajstić information content (AvgIpc) is 2.75. The number of rotatable bonds is 9. The largest absolute Gasteiger partial charge is 0.481 e. The van der Waals surface area contributed by atoms with Crippen LogP contribution < -0.4 is 10.6 Å². The van der Waals surface area contributed by atoms with Gasteiger partial charge in [-0.3, -0.25) is 14.4 Å². The molecular weight excluding hydrogens is 388 g/mol. The van der Waals surface area contributed by atoms with Gasteiger partial charge in [0.25, 0.3) is 11.8 Å². The number of benzene rings is 2. The summed E-state index contributed by atoms with van der Waals surface area (Å²) in [6, 6.07) is 14.0. The molecule has 0 bridgehead atoms. The van der Waals surface area contributed by atoms with Crippen LogP contribution in [-0.2, 0) is 11.3 Å². The van der Waals surface area contributed by atoms with Gasteiger partial charge < -0.3 is 15.7 Å². The van der Waals surface area contributed by atoms with Crippen LogP contribution in [0.3, 0.4) is 0 Å². The summed E-state index contributed by atoms with van der Waals surface area (Å²) in [5.41, 5.74) is 9.95. The Morgan fingerprint density at radius 2 is 1.83 bits per heavy atom. The van der Waals surface area contributed by atoms with E-state index in [0.717, 1.165) is 5.56 Å². The second kappa shape index (κ2) is 10.8. The zero-order valence-electron chi connectivity index (χ0n) is 15.8. The minimum absolute atomic E-state index is 0.178. The molecule has 0 saturated carbocycles. The smallest absolute Gasteiger partial charge is 0.305 e. The molecule has 0 heterocycles. The van der Waals surface area contributed by atoms with Crippen molar-refractivity contribution in [3.8, 4) is 6.07 Å². The first-order valence-corrected chi connectivity index (χ1v) is 8.84. The Bertz CT molecular complexity index is 1020. The van der Waals surface area contributed by atoms with Crippen molar-refractivity contribution in [2.75, 3.05) is 6.54 Å². The highest BCUT2D eigenvalue weighted by atomic mass is 16.4. The lowest BCUT2D eigenvalue weighted by atomic mass is 10.1. The number of nitriles is 1. The van der Waals surface area contributed by atoms with Gasteiger partial charge >= 0.3 is 5.97 Å². The van der Waals surface area contributed by atoms with Gasteiger partial charge in [-0.2, -0.15) is 5.26 Å². The fourth-order valence-corrected chi connectivity index (χ4v) is 2.61. The van der Waals surface area contributed by atoms with E-state index in [-0.39, 0.29) is 42.1 Å². The predicted molar refractivity (Wildman–Crippen MR) is 106 cm³/mol. The first-order valence-electron chi connectivity index (χ1n) is 8.84. The minimum atomic E-state index is -1.13. The van der Waals surface area contributed by atoms with Crippen molar-refractivity contribution in [2.24, 2.45) is 5.11 Å². The normalized spacial score (nSPS) is 10.8. The lowest BCUT2D eigenvalue weighted by Gasteiger charge is -2.14. The number of hydrogen-bond donors (Lipinski definition) is 3. The summed E-state index contributed by atoms with van der Waals surface area (Å²) in [5, 5.41) is 26.5. The van der Waals surface area contributed by atoms with Crippen LogP contribution in [0.15, 0.2) is 53.6 Å². The maximum Gasteiger partial charge on any atom is 0.305 e. The predicted octanol–water partition coefficient (Wildman–Crippen LogP) is 2.37. The second-order valence-corrected chi connectivity index (χ2v) is 6.22. The van der Waals surface area contributed by atoms with E-state index in [9.17, 15) is 14.4 Å². The zero-order valence-corrected chi connectivity index (χ0v) is 15.8. The van der Waals surface area contributed by atoms with Crippen molar-refractivity contribution in [1.29, 1.82) is 5.26 Å². The molecule has 2 rings (SSSR count). The molecular formula is C20H18N6O4. The Balaban J connectivity index is 1.97. The van der Waals surface area contributed by atoms with E-state index in [2.05, 4.69) is 20.7 Å². The van der Waals surface area contributed by atoms with Crippen molar-refractivity contribution < 1.29 is 19.5 Å². The molecule has 2 aromatic carbocycles. The summed E-state index contributed by atoms with van der Waals surface area (Å²) in [6.45, 7) is 0.0157. The van der Waals surface area contributed by atoms with Crippen LogP contribution in [0.2, 0.25) is 0 Å². The molecule has 10 heteroatoms.